The SMILES string of the molecule is CC(C)N(C)[C@@H](C)C(=O)NC[C@H](C(=O)NCc1cnc(N)s1)c1ccc(F)cc1. The fourth-order valence-corrected chi connectivity index (χ4v) is 3.37. The summed E-state index contributed by atoms with van der Waals surface area (Å²) >= 11 is 1.29. The Bertz CT molecular complexity index is 825. The number of benzene rings is 1. The fraction of sp³-hybridized carbons (Fsp3) is 0.450. The number of carbonyl (C=O) groups excluding carboxylic acids is 2. The van der Waals surface area contributed by atoms with Crippen LogP contribution in [0.4, 0.5) is 9.52 Å². The number of thiazole rings is 1. The summed E-state index contributed by atoms with van der Waals surface area (Å²) in [6, 6.07) is 5.58. The normalized spacial score (nSPS) is 13.3. The van der Waals surface area contributed by atoms with Crippen molar-refractivity contribution in [3.8, 4) is 0 Å². The van der Waals surface area contributed by atoms with Gasteiger partial charge in [-0.25, -0.2) is 9.37 Å². The highest BCUT2D eigenvalue weighted by atomic mass is 32.1. The van der Waals surface area contributed by atoms with E-state index in [1.807, 2.05) is 32.7 Å². The van der Waals surface area contributed by atoms with Crippen LogP contribution < -0.4 is 16.4 Å². The number of carbonyl (C=O) groups is 2. The van der Waals surface area contributed by atoms with Crippen LogP contribution in [0.25, 0.3) is 0 Å². The van der Waals surface area contributed by atoms with Crippen LogP contribution in [0.15, 0.2) is 30.5 Å². The standard InChI is InChI=1S/C20H28FN5O2S/c1-12(2)26(4)13(3)18(27)24-11-17(14-5-7-15(21)8-6-14)19(28)23-9-16-10-25-20(22)29-16/h5-8,10,12-13,17H,9,11H2,1-4H3,(H2,22,25)(H,23,28)(H,24,27)/t13-,17-/m0/s1. The van der Waals surface area contributed by atoms with Gasteiger partial charge in [0.1, 0.15) is 5.82 Å². The molecule has 0 saturated carbocycles. The van der Waals surface area contributed by atoms with E-state index >= 15 is 0 Å². The quantitative estimate of drug-likeness (QED) is 0.576. The highest BCUT2D eigenvalue weighted by Crippen LogP contribution is 2.18. The lowest BCUT2D eigenvalue weighted by Gasteiger charge is -2.28. The van der Waals surface area contributed by atoms with E-state index in [0.717, 1.165) is 4.88 Å². The van der Waals surface area contributed by atoms with Crippen molar-refractivity contribution in [3.05, 3.63) is 46.7 Å². The Hall–Kier alpha value is -2.52. The van der Waals surface area contributed by atoms with Crippen LogP contribution in [0.2, 0.25) is 0 Å². The third kappa shape index (κ3) is 6.50. The van der Waals surface area contributed by atoms with Crippen molar-refractivity contribution in [1.29, 1.82) is 0 Å². The van der Waals surface area contributed by atoms with Crippen LogP contribution in [0, 0.1) is 5.82 Å². The number of halogens is 1. The summed E-state index contributed by atoms with van der Waals surface area (Å²) in [5, 5.41) is 6.12. The van der Waals surface area contributed by atoms with Crippen LogP contribution in [-0.2, 0) is 16.1 Å². The van der Waals surface area contributed by atoms with Gasteiger partial charge in [0.05, 0.1) is 18.5 Å². The van der Waals surface area contributed by atoms with Gasteiger partial charge in [0, 0.05) is 23.7 Å². The molecule has 0 aliphatic heterocycles. The summed E-state index contributed by atoms with van der Waals surface area (Å²) in [5.41, 5.74) is 6.24. The fourth-order valence-electron chi connectivity index (χ4n) is 2.74. The molecule has 0 aliphatic rings. The lowest BCUT2D eigenvalue weighted by Crippen LogP contribution is -2.47. The number of nitrogens with one attached hydrogen (secondary N) is 2. The van der Waals surface area contributed by atoms with Crippen LogP contribution >= 0.6 is 11.3 Å². The van der Waals surface area contributed by atoms with Crippen molar-refractivity contribution in [1.82, 2.24) is 20.5 Å². The minimum absolute atomic E-state index is 0.109. The molecule has 2 atom stereocenters. The monoisotopic (exact) mass is 421 g/mol. The number of hydrogen-bond donors (Lipinski definition) is 3. The molecular weight excluding hydrogens is 393 g/mol. The molecule has 1 aromatic heterocycles. The van der Waals surface area contributed by atoms with E-state index < -0.39 is 5.92 Å². The Morgan fingerprint density at radius 3 is 2.38 bits per heavy atom. The molecule has 0 unspecified atom stereocenters. The van der Waals surface area contributed by atoms with Crippen molar-refractivity contribution in [2.75, 3.05) is 19.3 Å². The van der Waals surface area contributed by atoms with Crippen molar-refractivity contribution < 1.29 is 14.0 Å². The molecule has 7 nitrogen and oxygen atoms in total. The number of aromatic nitrogens is 1. The number of nitrogens with two attached hydrogens (primary N) is 1. The van der Waals surface area contributed by atoms with Crippen molar-refractivity contribution in [3.63, 3.8) is 0 Å². The third-order valence-corrected chi connectivity index (χ3v) is 5.71. The number of likely N-dealkylation sites (N-methyl/N-ethyl adjacent to an activating group) is 1. The number of nitrogens with zero attached hydrogens (tertiary/aromatic N) is 2. The van der Waals surface area contributed by atoms with Gasteiger partial charge in [-0.3, -0.25) is 14.5 Å². The van der Waals surface area contributed by atoms with Crippen LogP contribution in [-0.4, -0.2) is 47.4 Å². The molecule has 0 saturated heterocycles. The van der Waals surface area contributed by atoms with Crippen LogP contribution in [0.1, 0.15) is 37.1 Å². The summed E-state index contributed by atoms with van der Waals surface area (Å²) in [7, 11) is 1.87. The molecule has 2 aromatic rings. The van der Waals surface area contributed by atoms with Crippen LogP contribution in [0.3, 0.4) is 0 Å². The zero-order valence-corrected chi connectivity index (χ0v) is 17.9. The molecule has 2 amide bonds. The minimum atomic E-state index is -0.652. The molecule has 0 fully saturated rings. The molecule has 0 spiro atoms. The van der Waals surface area contributed by atoms with E-state index in [1.54, 1.807) is 18.3 Å². The Kier molecular flexibility index (Phi) is 8.10. The Morgan fingerprint density at radius 2 is 1.83 bits per heavy atom. The first-order chi connectivity index (χ1) is 13.7. The van der Waals surface area contributed by atoms with E-state index in [-0.39, 0.29) is 42.8 Å². The predicted molar refractivity (Wildman–Crippen MR) is 113 cm³/mol. The zero-order chi connectivity index (χ0) is 21.6. The molecule has 1 aromatic carbocycles. The Balaban J connectivity index is 2.07. The second-order valence-corrected chi connectivity index (χ2v) is 8.31. The molecular formula is C20H28FN5O2S. The summed E-state index contributed by atoms with van der Waals surface area (Å²) in [4.78, 5) is 32.1. The van der Waals surface area contributed by atoms with Gasteiger partial charge >= 0.3 is 0 Å². The van der Waals surface area contributed by atoms with E-state index in [9.17, 15) is 14.0 Å². The first-order valence-electron chi connectivity index (χ1n) is 9.42. The number of rotatable bonds is 9. The molecule has 4 N–H and O–H groups in total. The number of anilines is 1. The highest BCUT2D eigenvalue weighted by molar-refractivity contribution is 7.15. The lowest BCUT2D eigenvalue weighted by molar-refractivity contribution is -0.126. The summed E-state index contributed by atoms with van der Waals surface area (Å²) < 4.78 is 13.3. The molecule has 0 aliphatic carbocycles. The van der Waals surface area contributed by atoms with Crippen molar-refractivity contribution in [2.45, 2.75) is 45.3 Å². The molecule has 1 heterocycles. The van der Waals surface area contributed by atoms with E-state index in [2.05, 4.69) is 15.6 Å². The minimum Gasteiger partial charge on any atom is -0.375 e. The first kappa shape index (κ1) is 22.8. The van der Waals surface area contributed by atoms with Gasteiger partial charge in [-0.1, -0.05) is 12.1 Å². The second-order valence-electron chi connectivity index (χ2n) is 7.17. The summed E-state index contributed by atoms with van der Waals surface area (Å²) in [6.07, 6.45) is 1.61. The maximum atomic E-state index is 13.3. The van der Waals surface area contributed by atoms with Gasteiger partial charge in [-0.15, -0.1) is 11.3 Å². The maximum Gasteiger partial charge on any atom is 0.237 e. The number of nitrogen functional groups attached to an aromatic ring is 1. The largest absolute Gasteiger partial charge is 0.375 e. The lowest BCUT2D eigenvalue weighted by atomic mass is 9.97. The number of amides is 2. The molecule has 0 radical (unpaired) electrons. The van der Waals surface area contributed by atoms with Crippen LogP contribution in [0.5, 0.6) is 0 Å². The van der Waals surface area contributed by atoms with Crippen molar-refractivity contribution >= 4 is 28.3 Å². The van der Waals surface area contributed by atoms with Gasteiger partial charge in [-0.05, 0) is 45.5 Å². The zero-order valence-electron chi connectivity index (χ0n) is 17.1. The topological polar surface area (TPSA) is 100 Å². The predicted octanol–water partition coefficient (Wildman–Crippen LogP) is 2.11. The highest BCUT2D eigenvalue weighted by Gasteiger charge is 2.25. The van der Waals surface area contributed by atoms with Gasteiger partial charge in [0.25, 0.3) is 0 Å². The summed E-state index contributed by atoms with van der Waals surface area (Å²) in [5.74, 6) is -1.48. The summed E-state index contributed by atoms with van der Waals surface area (Å²) in [6.45, 7) is 6.22. The first-order valence-corrected chi connectivity index (χ1v) is 10.2. The third-order valence-electron chi connectivity index (χ3n) is 4.88. The average Bonchev–Trinajstić information content (AvgIpc) is 3.11. The maximum absolute atomic E-state index is 13.3. The van der Waals surface area contributed by atoms with E-state index in [0.29, 0.717) is 10.7 Å². The van der Waals surface area contributed by atoms with Crippen molar-refractivity contribution in [2.24, 2.45) is 0 Å². The van der Waals surface area contributed by atoms with Gasteiger partial charge in [0.15, 0.2) is 5.13 Å². The van der Waals surface area contributed by atoms with E-state index in [1.165, 1.54) is 23.5 Å². The molecule has 9 heteroatoms. The Morgan fingerprint density at radius 1 is 1.17 bits per heavy atom. The molecule has 0 bridgehead atoms. The van der Waals surface area contributed by atoms with Gasteiger partial charge in [-0.2, -0.15) is 0 Å². The van der Waals surface area contributed by atoms with Gasteiger partial charge < -0.3 is 16.4 Å². The molecule has 2 rings (SSSR count). The molecule has 29 heavy (non-hydrogen) atoms. The smallest absolute Gasteiger partial charge is 0.237 e. The Labute approximate surface area is 174 Å². The average molecular weight is 422 g/mol. The molecule has 158 valence electrons. The second kappa shape index (κ2) is 10.3. The number of hydrogen-bond acceptors (Lipinski definition) is 6. The van der Waals surface area contributed by atoms with Gasteiger partial charge in [0.2, 0.25) is 11.8 Å². The van der Waals surface area contributed by atoms with E-state index in [4.69, 9.17) is 5.73 Å².